The molecular weight excluding hydrogens is 639 g/mol. The van der Waals surface area contributed by atoms with Crippen LogP contribution < -0.4 is 20.8 Å². The Hall–Kier alpha value is -3.24. The molecule has 220 valence electrons. The van der Waals surface area contributed by atoms with E-state index in [1.54, 1.807) is 6.20 Å². The minimum absolute atomic E-state index is 0.161. The van der Waals surface area contributed by atoms with E-state index in [2.05, 4.69) is 43.2 Å². The molecule has 3 aliphatic rings. The first kappa shape index (κ1) is 27.6. The summed E-state index contributed by atoms with van der Waals surface area (Å²) in [5.74, 6) is 1.01. The van der Waals surface area contributed by atoms with Gasteiger partial charge in [0, 0.05) is 13.1 Å². The number of hydrogen-bond acceptors (Lipinski definition) is 5. The van der Waals surface area contributed by atoms with Crippen molar-refractivity contribution < 1.29 is 9.53 Å². The summed E-state index contributed by atoms with van der Waals surface area (Å²) < 4.78 is 15.1. The van der Waals surface area contributed by atoms with Crippen molar-refractivity contribution in [3.05, 3.63) is 70.5 Å². The molecule has 7 rings (SSSR count). The van der Waals surface area contributed by atoms with Gasteiger partial charge in [-0.15, -0.1) is 0 Å². The quantitative estimate of drug-likeness (QED) is 0.152. The fourth-order valence-corrected chi connectivity index (χ4v) is 13.6. The molecule has 0 saturated carbocycles. The van der Waals surface area contributed by atoms with Gasteiger partial charge in [0.2, 0.25) is 0 Å². The normalized spacial score (nSPS) is 22.9. The first-order valence-electron chi connectivity index (χ1n) is 15.1. The summed E-state index contributed by atoms with van der Waals surface area (Å²) in [6.07, 6.45) is 7.66. The van der Waals surface area contributed by atoms with E-state index in [0.717, 1.165) is 54.7 Å². The molecule has 0 aliphatic carbocycles. The van der Waals surface area contributed by atoms with Gasteiger partial charge in [0.1, 0.15) is 0 Å². The summed E-state index contributed by atoms with van der Waals surface area (Å²) in [6.45, 7) is 4.61. The maximum atomic E-state index is 13.8. The van der Waals surface area contributed by atoms with Crippen LogP contribution in [0.1, 0.15) is 42.5 Å². The molecule has 42 heavy (non-hydrogen) atoms. The summed E-state index contributed by atoms with van der Waals surface area (Å²) in [6, 6.07) is 16.0. The second kappa shape index (κ2) is 11.1. The van der Waals surface area contributed by atoms with Crippen LogP contribution in [-0.2, 0) is 0 Å². The summed E-state index contributed by atoms with van der Waals surface area (Å²) in [5, 5.41) is 9.27. The molecule has 1 aromatic heterocycles. The van der Waals surface area contributed by atoms with Crippen LogP contribution in [0.3, 0.4) is 0 Å². The van der Waals surface area contributed by atoms with Crippen LogP contribution in [0.2, 0.25) is 0 Å². The van der Waals surface area contributed by atoms with Gasteiger partial charge in [0.25, 0.3) is 0 Å². The monoisotopic (exact) mass is 678 g/mol. The van der Waals surface area contributed by atoms with Crippen molar-refractivity contribution in [3.63, 3.8) is 0 Å². The number of hydrogen-bond donors (Lipinski definition) is 2. The van der Waals surface area contributed by atoms with Crippen LogP contribution in [0.4, 0.5) is 5.69 Å². The molecule has 0 spiro atoms. The Kier molecular flexibility index (Phi) is 7.30. The number of anilines is 1. The number of pyridine rings is 1. The zero-order valence-corrected chi connectivity index (χ0v) is 26.4. The van der Waals surface area contributed by atoms with Gasteiger partial charge in [-0.2, -0.15) is 0 Å². The van der Waals surface area contributed by atoms with Crippen molar-refractivity contribution in [1.82, 2.24) is 14.8 Å². The molecule has 7 nitrogen and oxygen atoms in total. The fraction of sp³-hybridized carbons (Fsp3) is 0.382. The summed E-state index contributed by atoms with van der Waals surface area (Å²) >= 11 is -1.90. The van der Waals surface area contributed by atoms with Gasteiger partial charge in [-0.25, -0.2) is 0 Å². The van der Waals surface area contributed by atoms with Gasteiger partial charge in [-0.05, 0) is 25.9 Å². The number of carbonyl (C=O) groups is 1. The molecule has 2 N–H and O–H groups in total. The molecule has 2 fully saturated rings. The van der Waals surface area contributed by atoms with Crippen molar-refractivity contribution in [2.24, 2.45) is 0 Å². The van der Waals surface area contributed by atoms with E-state index in [9.17, 15) is 9.59 Å². The number of aromatic nitrogens is 1. The predicted octanol–water partition coefficient (Wildman–Crippen LogP) is 6.14. The molecule has 4 aromatic rings. The first-order valence-corrected chi connectivity index (χ1v) is 21.5. The van der Waals surface area contributed by atoms with Crippen LogP contribution in [-0.4, -0.2) is 65.9 Å². The first-order chi connectivity index (χ1) is 20.4. The Morgan fingerprint density at radius 3 is 2.62 bits per heavy atom. The standard InChI is InChI=1S/C34H39IN4O3/c1-35(2)14-7-10-25(35)13-15-37-34(41)27-22-39-29-20-23-8-3-4-9-24(23)21-30(29)42-33-28(12-11-26(31(33)39)32(27)40)36-16-19-38-17-5-6-18-38/h3-4,8-9,11-12,20-22,25,36H,1,5-7,10,13-19H2,2H3,(H,37,41). The van der Waals surface area contributed by atoms with E-state index in [4.69, 9.17) is 4.74 Å². The number of alkyl halides is 3. The molecule has 2 atom stereocenters. The van der Waals surface area contributed by atoms with E-state index in [1.165, 1.54) is 30.1 Å². The van der Waals surface area contributed by atoms with E-state index in [0.29, 0.717) is 32.9 Å². The number of nitrogens with zero attached hydrogens (tertiary/aromatic N) is 2. The zero-order valence-electron chi connectivity index (χ0n) is 24.3. The third kappa shape index (κ3) is 5.02. The molecule has 0 radical (unpaired) electrons. The Balaban J connectivity index is 1.26. The van der Waals surface area contributed by atoms with E-state index >= 15 is 0 Å². The zero-order chi connectivity index (χ0) is 28.8. The average Bonchev–Trinajstić information content (AvgIpc) is 3.63. The van der Waals surface area contributed by atoms with Crippen LogP contribution in [0.5, 0.6) is 11.5 Å². The Labute approximate surface area is 250 Å². The Bertz CT molecular complexity index is 1810. The third-order valence-corrected chi connectivity index (χ3v) is 17.9. The number of fused-ring (bicyclic) bond motifs is 3. The van der Waals surface area contributed by atoms with Gasteiger partial charge >= 0.3 is 189 Å². The van der Waals surface area contributed by atoms with E-state index < -0.39 is 18.0 Å². The second-order valence-corrected chi connectivity index (χ2v) is 22.0. The van der Waals surface area contributed by atoms with Gasteiger partial charge in [0.05, 0.1) is 0 Å². The van der Waals surface area contributed by atoms with Crippen LogP contribution in [0.25, 0.3) is 27.4 Å². The van der Waals surface area contributed by atoms with Crippen LogP contribution >= 0.6 is 18.0 Å². The van der Waals surface area contributed by atoms with Gasteiger partial charge in [-0.1, -0.05) is 18.2 Å². The van der Waals surface area contributed by atoms with Gasteiger partial charge in [0.15, 0.2) is 0 Å². The summed E-state index contributed by atoms with van der Waals surface area (Å²) in [4.78, 5) is 32.2. The number of amides is 1. The molecule has 3 aromatic carbocycles. The molecule has 8 heteroatoms. The molecule has 3 aliphatic heterocycles. The number of carbonyl (C=O) groups excluding carboxylic acids is 1. The van der Waals surface area contributed by atoms with Gasteiger partial charge in [-0.3, -0.25) is 0 Å². The average molecular weight is 679 g/mol. The molecule has 0 bridgehead atoms. The molecule has 1 amide bonds. The number of likely N-dealkylation sites (tertiary alicyclic amines) is 1. The van der Waals surface area contributed by atoms with Crippen molar-refractivity contribution in [1.29, 1.82) is 0 Å². The van der Waals surface area contributed by atoms with E-state index in [-0.39, 0.29) is 16.9 Å². The number of ether oxygens (including phenoxy) is 1. The molecular formula is C34H39IN4O3. The summed E-state index contributed by atoms with van der Waals surface area (Å²) in [7, 11) is 0. The summed E-state index contributed by atoms with van der Waals surface area (Å²) in [5.41, 5.74) is 2.26. The number of halogens is 1. The van der Waals surface area contributed by atoms with Crippen molar-refractivity contribution in [3.8, 4) is 17.2 Å². The second-order valence-electron chi connectivity index (χ2n) is 12.0. The van der Waals surface area contributed by atoms with Crippen LogP contribution in [0.15, 0.2) is 59.5 Å². The third-order valence-electron chi connectivity index (χ3n) is 9.18. The van der Waals surface area contributed by atoms with Crippen molar-refractivity contribution >= 4 is 55.7 Å². The number of benzene rings is 3. The maximum absolute atomic E-state index is 13.8. The molecule has 2 saturated heterocycles. The number of rotatable bonds is 8. The Morgan fingerprint density at radius 1 is 1.07 bits per heavy atom. The molecule has 4 heterocycles. The molecule has 2 unspecified atom stereocenters. The van der Waals surface area contributed by atoms with Crippen molar-refractivity contribution in [2.45, 2.75) is 36.0 Å². The topological polar surface area (TPSA) is 75.6 Å². The van der Waals surface area contributed by atoms with E-state index in [1.807, 2.05) is 34.9 Å². The van der Waals surface area contributed by atoms with Crippen molar-refractivity contribution in [2.75, 3.05) is 47.4 Å². The predicted molar refractivity (Wildman–Crippen MR) is 183 cm³/mol. The minimum atomic E-state index is -1.90. The van der Waals surface area contributed by atoms with Crippen LogP contribution in [0, 0.1) is 0 Å². The SMILES string of the molecule is C=I1(C)CCCC1CCNC(=O)c1cn2c3c(c(NCCN4CCCC4)ccc3c1=O)Oc1cc3ccccc3cc1-2. The Morgan fingerprint density at radius 2 is 1.86 bits per heavy atom. The number of nitrogens with one attached hydrogen (secondary N) is 2. The fourth-order valence-electron chi connectivity index (χ4n) is 6.79. The van der Waals surface area contributed by atoms with Gasteiger partial charge < -0.3 is 4.90 Å².